The fraction of sp³-hybridized carbons (Fsp3) is 0.778. The van der Waals surface area contributed by atoms with Crippen LogP contribution in [-0.4, -0.2) is 25.8 Å². The minimum Gasteiger partial charge on any atom is -0.380 e. The van der Waals surface area contributed by atoms with Crippen LogP contribution < -0.4 is 5.32 Å². The molecule has 3 heteroatoms. The molecule has 2 unspecified atom stereocenters. The average molecular weight is 310 g/mol. The molecule has 0 amide bonds. The third-order valence-corrected chi connectivity index (χ3v) is 5.66. The molecule has 1 aromatic heterocycles. The molecule has 1 fully saturated rings. The van der Waals surface area contributed by atoms with E-state index in [-0.39, 0.29) is 0 Å². The summed E-state index contributed by atoms with van der Waals surface area (Å²) in [7, 11) is 1.91. The molecular weight excluding hydrogens is 278 g/mol. The lowest BCUT2D eigenvalue weighted by atomic mass is 9.81. The molecule has 0 radical (unpaired) electrons. The second-order valence-corrected chi connectivity index (χ2v) is 7.31. The van der Waals surface area contributed by atoms with Gasteiger partial charge in [-0.15, -0.1) is 11.3 Å². The van der Waals surface area contributed by atoms with Crippen molar-refractivity contribution in [3.05, 3.63) is 22.4 Å². The molecule has 2 nitrogen and oxygen atoms in total. The molecule has 0 spiro atoms. The van der Waals surface area contributed by atoms with E-state index in [4.69, 9.17) is 4.74 Å². The van der Waals surface area contributed by atoms with E-state index in [0.29, 0.717) is 12.1 Å². The van der Waals surface area contributed by atoms with Gasteiger partial charge in [0, 0.05) is 18.0 Å². The van der Waals surface area contributed by atoms with Crippen LogP contribution in [0.2, 0.25) is 0 Å². The third-order valence-electron chi connectivity index (χ3n) is 4.72. The Kier molecular flexibility index (Phi) is 7.76. The summed E-state index contributed by atoms with van der Waals surface area (Å²) in [6.45, 7) is 3.34. The Balaban J connectivity index is 1.93. The molecule has 120 valence electrons. The molecule has 1 aliphatic carbocycles. The highest BCUT2D eigenvalue weighted by molar-refractivity contribution is 7.09. The third kappa shape index (κ3) is 5.39. The lowest BCUT2D eigenvalue weighted by Gasteiger charge is -2.35. The summed E-state index contributed by atoms with van der Waals surface area (Å²) in [4.78, 5) is 1.50. The zero-order chi connectivity index (χ0) is 14.9. The fourth-order valence-corrected chi connectivity index (χ4v) is 4.34. The van der Waals surface area contributed by atoms with Gasteiger partial charge < -0.3 is 10.1 Å². The van der Waals surface area contributed by atoms with Crippen molar-refractivity contribution in [1.29, 1.82) is 0 Å². The molecule has 1 aromatic rings. The summed E-state index contributed by atoms with van der Waals surface area (Å²) >= 11 is 1.88. The maximum absolute atomic E-state index is 5.96. The van der Waals surface area contributed by atoms with Crippen molar-refractivity contribution >= 4 is 11.3 Å². The molecule has 1 saturated carbocycles. The van der Waals surface area contributed by atoms with Gasteiger partial charge in [0.15, 0.2) is 0 Å². The number of nitrogens with one attached hydrogen (secondary N) is 1. The van der Waals surface area contributed by atoms with Crippen LogP contribution in [0.15, 0.2) is 17.5 Å². The van der Waals surface area contributed by atoms with Crippen molar-refractivity contribution in [2.24, 2.45) is 5.92 Å². The summed E-state index contributed by atoms with van der Waals surface area (Å²) in [5.41, 5.74) is 0. The van der Waals surface area contributed by atoms with Crippen molar-refractivity contribution in [2.45, 2.75) is 70.4 Å². The molecule has 1 aliphatic rings. The van der Waals surface area contributed by atoms with E-state index in [1.807, 2.05) is 18.4 Å². The summed E-state index contributed by atoms with van der Waals surface area (Å²) in [6.07, 6.45) is 10.8. The number of hydrogen-bond donors (Lipinski definition) is 1. The Morgan fingerprint density at radius 3 is 2.76 bits per heavy atom. The number of ether oxygens (including phenoxy) is 1. The number of thiophene rings is 1. The van der Waals surface area contributed by atoms with Crippen LogP contribution >= 0.6 is 11.3 Å². The minimum absolute atomic E-state index is 0.386. The highest BCUT2D eigenvalue weighted by Gasteiger charge is 2.30. The number of hydrogen-bond acceptors (Lipinski definition) is 3. The molecule has 0 aliphatic heterocycles. The molecule has 21 heavy (non-hydrogen) atoms. The lowest BCUT2D eigenvalue weighted by Crippen LogP contribution is -2.46. The van der Waals surface area contributed by atoms with Crippen LogP contribution in [0, 0.1) is 5.92 Å². The van der Waals surface area contributed by atoms with E-state index in [1.165, 1.54) is 56.2 Å². The summed E-state index contributed by atoms with van der Waals surface area (Å²) in [6, 6.07) is 4.91. The van der Waals surface area contributed by atoms with Gasteiger partial charge in [-0.3, -0.25) is 0 Å². The Hall–Kier alpha value is -0.380. The van der Waals surface area contributed by atoms with Gasteiger partial charge in [-0.1, -0.05) is 32.3 Å². The first-order valence-electron chi connectivity index (χ1n) is 8.63. The highest BCUT2D eigenvalue weighted by atomic mass is 32.1. The van der Waals surface area contributed by atoms with E-state index in [9.17, 15) is 0 Å². The SMILES string of the molecule is CCCNC(CCc1cccs1)C(OC)C1CCCCC1. The van der Waals surface area contributed by atoms with E-state index >= 15 is 0 Å². The standard InChI is InChI=1S/C18H31NOS/c1-3-13-19-17(12-11-16-10-7-14-21-16)18(20-2)15-8-5-4-6-9-15/h7,10,14-15,17-19H,3-6,8-9,11-13H2,1-2H3. The zero-order valence-electron chi connectivity index (χ0n) is 13.6. The number of aryl methyl sites for hydroxylation is 1. The largest absolute Gasteiger partial charge is 0.380 e. The Morgan fingerprint density at radius 1 is 1.33 bits per heavy atom. The maximum Gasteiger partial charge on any atom is 0.0752 e. The Morgan fingerprint density at radius 2 is 2.14 bits per heavy atom. The number of methoxy groups -OCH3 is 1. The van der Waals surface area contributed by atoms with E-state index in [2.05, 4.69) is 29.8 Å². The van der Waals surface area contributed by atoms with Crippen molar-refractivity contribution < 1.29 is 4.74 Å². The lowest BCUT2D eigenvalue weighted by molar-refractivity contribution is 0.00627. The second-order valence-electron chi connectivity index (χ2n) is 6.28. The summed E-state index contributed by atoms with van der Waals surface area (Å²) in [5, 5.41) is 5.94. The second kappa shape index (κ2) is 9.60. The van der Waals surface area contributed by atoms with Gasteiger partial charge in [-0.2, -0.15) is 0 Å². The Labute approximate surface area is 134 Å². The normalized spacial score (nSPS) is 19.5. The van der Waals surface area contributed by atoms with Crippen LogP contribution in [0.4, 0.5) is 0 Å². The van der Waals surface area contributed by atoms with Gasteiger partial charge in [-0.05, 0) is 56.0 Å². The predicted molar refractivity (Wildman–Crippen MR) is 92.1 cm³/mol. The average Bonchev–Trinajstić information content (AvgIpc) is 3.04. The van der Waals surface area contributed by atoms with Crippen molar-refractivity contribution in [3.63, 3.8) is 0 Å². The topological polar surface area (TPSA) is 21.3 Å². The van der Waals surface area contributed by atoms with Gasteiger partial charge in [-0.25, -0.2) is 0 Å². The zero-order valence-corrected chi connectivity index (χ0v) is 14.5. The molecule has 2 atom stereocenters. The van der Waals surface area contributed by atoms with Crippen LogP contribution in [-0.2, 0) is 11.2 Å². The maximum atomic E-state index is 5.96. The smallest absolute Gasteiger partial charge is 0.0752 e. The van der Waals surface area contributed by atoms with Gasteiger partial charge in [0.05, 0.1) is 6.10 Å². The van der Waals surface area contributed by atoms with Crippen LogP contribution in [0.5, 0.6) is 0 Å². The summed E-state index contributed by atoms with van der Waals surface area (Å²) in [5.74, 6) is 0.751. The first kappa shape index (κ1) is 17.0. The molecule has 0 saturated heterocycles. The van der Waals surface area contributed by atoms with Gasteiger partial charge in [0.25, 0.3) is 0 Å². The minimum atomic E-state index is 0.386. The van der Waals surface area contributed by atoms with Gasteiger partial charge in [0.1, 0.15) is 0 Å². The Bertz CT molecular complexity index is 359. The van der Waals surface area contributed by atoms with E-state index in [1.54, 1.807) is 0 Å². The van der Waals surface area contributed by atoms with Crippen molar-refractivity contribution in [1.82, 2.24) is 5.32 Å². The molecule has 0 bridgehead atoms. The van der Waals surface area contributed by atoms with Crippen LogP contribution in [0.25, 0.3) is 0 Å². The van der Waals surface area contributed by atoms with Crippen LogP contribution in [0.1, 0.15) is 56.7 Å². The monoisotopic (exact) mass is 309 g/mol. The first-order valence-corrected chi connectivity index (χ1v) is 9.51. The van der Waals surface area contributed by atoms with Gasteiger partial charge >= 0.3 is 0 Å². The van der Waals surface area contributed by atoms with Crippen molar-refractivity contribution in [3.8, 4) is 0 Å². The van der Waals surface area contributed by atoms with Crippen molar-refractivity contribution in [2.75, 3.05) is 13.7 Å². The summed E-state index contributed by atoms with van der Waals surface area (Å²) < 4.78 is 5.96. The van der Waals surface area contributed by atoms with Gasteiger partial charge in [0.2, 0.25) is 0 Å². The first-order chi connectivity index (χ1) is 10.3. The quantitative estimate of drug-likeness (QED) is 0.717. The van der Waals surface area contributed by atoms with Crippen LogP contribution in [0.3, 0.4) is 0 Å². The molecule has 0 aromatic carbocycles. The van der Waals surface area contributed by atoms with E-state index < -0.39 is 0 Å². The molecule has 1 heterocycles. The predicted octanol–water partition coefficient (Wildman–Crippen LogP) is 4.64. The number of rotatable bonds is 9. The fourth-order valence-electron chi connectivity index (χ4n) is 3.61. The molecule has 1 N–H and O–H groups in total. The molecule has 2 rings (SSSR count). The highest BCUT2D eigenvalue weighted by Crippen LogP contribution is 2.30. The van der Waals surface area contributed by atoms with E-state index in [0.717, 1.165) is 12.5 Å². The molecular formula is C18H31NOS.